The Balaban J connectivity index is 1.50. The number of hydrogen-bond donors (Lipinski definition) is 2. The minimum absolute atomic E-state index is 0.253. The van der Waals surface area contributed by atoms with E-state index in [9.17, 15) is 0 Å². The molecular formula is C17H22N4O. The Hall–Kier alpha value is -1.72. The standard InChI is InChI=1S/C17H22N4O/c18-15-9-12-1-2-13(8-14(12)10-15)17-20-16(21-22-17)7-11-3-5-19-6-4-11/h1-2,8,11,15,19H,3-7,9-10,18H2. The monoisotopic (exact) mass is 298 g/mol. The molecule has 5 nitrogen and oxygen atoms in total. The molecule has 22 heavy (non-hydrogen) atoms. The molecule has 2 aromatic rings. The summed E-state index contributed by atoms with van der Waals surface area (Å²) in [6.45, 7) is 2.20. The maximum absolute atomic E-state index is 6.03. The molecule has 0 bridgehead atoms. The minimum Gasteiger partial charge on any atom is -0.334 e. The summed E-state index contributed by atoms with van der Waals surface area (Å²) in [5.41, 5.74) is 9.71. The molecule has 1 unspecified atom stereocenters. The van der Waals surface area contributed by atoms with Crippen molar-refractivity contribution in [2.24, 2.45) is 11.7 Å². The molecule has 0 saturated carbocycles. The van der Waals surface area contributed by atoms with E-state index in [1.807, 2.05) is 0 Å². The molecule has 116 valence electrons. The lowest BCUT2D eigenvalue weighted by Gasteiger charge is -2.20. The molecule has 1 aliphatic carbocycles. The van der Waals surface area contributed by atoms with E-state index in [0.29, 0.717) is 11.8 Å². The second-order valence-electron chi connectivity index (χ2n) is 6.57. The second-order valence-corrected chi connectivity index (χ2v) is 6.57. The van der Waals surface area contributed by atoms with Gasteiger partial charge < -0.3 is 15.6 Å². The first-order valence-electron chi connectivity index (χ1n) is 8.19. The van der Waals surface area contributed by atoms with E-state index in [2.05, 4.69) is 33.7 Å². The maximum Gasteiger partial charge on any atom is 0.257 e. The van der Waals surface area contributed by atoms with Crippen LogP contribution in [-0.2, 0) is 19.3 Å². The number of nitrogens with one attached hydrogen (secondary N) is 1. The van der Waals surface area contributed by atoms with Crippen molar-refractivity contribution < 1.29 is 4.52 Å². The molecule has 1 saturated heterocycles. The van der Waals surface area contributed by atoms with Gasteiger partial charge in [-0.05, 0) is 68.0 Å². The van der Waals surface area contributed by atoms with Gasteiger partial charge in [0.1, 0.15) is 0 Å². The van der Waals surface area contributed by atoms with Crippen molar-refractivity contribution in [3.8, 4) is 11.5 Å². The van der Waals surface area contributed by atoms with E-state index >= 15 is 0 Å². The normalized spacial score (nSPS) is 22.0. The minimum atomic E-state index is 0.253. The summed E-state index contributed by atoms with van der Waals surface area (Å²) in [6, 6.07) is 6.63. The van der Waals surface area contributed by atoms with Crippen LogP contribution in [0.25, 0.3) is 11.5 Å². The molecule has 0 amide bonds. The fourth-order valence-electron chi connectivity index (χ4n) is 3.58. The van der Waals surface area contributed by atoms with Crippen LogP contribution >= 0.6 is 0 Å². The van der Waals surface area contributed by atoms with Gasteiger partial charge in [0.05, 0.1) is 0 Å². The largest absolute Gasteiger partial charge is 0.334 e. The third-order valence-corrected chi connectivity index (χ3v) is 4.82. The zero-order valence-corrected chi connectivity index (χ0v) is 12.7. The zero-order chi connectivity index (χ0) is 14.9. The Morgan fingerprint density at radius 2 is 2.00 bits per heavy atom. The van der Waals surface area contributed by atoms with Crippen molar-refractivity contribution in [1.82, 2.24) is 15.5 Å². The molecule has 0 spiro atoms. The Morgan fingerprint density at radius 1 is 1.18 bits per heavy atom. The van der Waals surface area contributed by atoms with E-state index in [1.54, 1.807) is 0 Å². The van der Waals surface area contributed by atoms with E-state index < -0.39 is 0 Å². The number of rotatable bonds is 3. The van der Waals surface area contributed by atoms with Crippen LogP contribution in [0.5, 0.6) is 0 Å². The second kappa shape index (κ2) is 5.82. The zero-order valence-electron chi connectivity index (χ0n) is 12.7. The van der Waals surface area contributed by atoms with E-state index in [4.69, 9.17) is 10.3 Å². The fraction of sp³-hybridized carbons (Fsp3) is 0.529. The van der Waals surface area contributed by atoms with Gasteiger partial charge >= 0.3 is 0 Å². The smallest absolute Gasteiger partial charge is 0.257 e. The van der Waals surface area contributed by atoms with Gasteiger partial charge in [-0.25, -0.2) is 0 Å². The van der Waals surface area contributed by atoms with Crippen LogP contribution < -0.4 is 11.1 Å². The lowest BCUT2D eigenvalue weighted by atomic mass is 9.94. The summed E-state index contributed by atoms with van der Waals surface area (Å²) in [7, 11) is 0. The van der Waals surface area contributed by atoms with Crippen molar-refractivity contribution in [2.45, 2.75) is 38.1 Å². The molecule has 1 fully saturated rings. The van der Waals surface area contributed by atoms with Crippen LogP contribution in [-0.4, -0.2) is 29.3 Å². The van der Waals surface area contributed by atoms with Gasteiger partial charge in [0.25, 0.3) is 5.89 Å². The van der Waals surface area contributed by atoms with Crippen molar-refractivity contribution in [3.05, 3.63) is 35.2 Å². The number of nitrogens with two attached hydrogens (primary N) is 1. The van der Waals surface area contributed by atoms with Crippen molar-refractivity contribution in [3.63, 3.8) is 0 Å². The fourth-order valence-corrected chi connectivity index (χ4v) is 3.58. The van der Waals surface area contributed by atoms with Gasteiger partial charge in [-0.2, -0.15) is 4.98 Å². The predicted octanol–water partition coefficient (Wildman–Crippen LogP) is 1.70. The highest BCUT2D eigenvalue weighted by Crippen LogP contribution is 2.27. The highest BCUT2D eigenvalue weighted by atomic mass is 16.5. The number of hydrogen-bond acceptors (Lipinski definition) is 5. The highest BCUT2D eigenvalue weighted by Gasteiger charge is 2.21. The van der Waals surface area contributed by atoms with Gasteiger partial charge in [0.2, 0.25) is 0 Å². The first kappa shape index (κ1) is 13.9. The average molecular weight is 298 g/mol. The van der Waals surface area contributed by atoms with Gasteiger partial charge in [-0.15, -0.1) is 0 Å². The van der Waals surface area contributed by atoms with Crippen LogP contribution in [0.2, 0.25) is 0 Å². The molecule has 3 N–H and O–H groups in total. The van der Waals surface area contributed by atoms with Crippen LogP contribution in [0.3, 0.4) is 0 Å². The summed E-state index contributed by atoms with van der Waals surface area (Å²) in [5, 5.41) is 7.55. The number of benzene rings is 1. The summed E-state index contributed by atoms with van der Waals surface area (Å²) >= 11 is 0. The van der Waals surface area contributed by atoms with Gasteiger partial charge in [-0.1, -0.05) is 11.2 Å². The lowest BCUT2D eigenvalue weighted by Crippen LogP contribution is -2.28. The van der Waals surface area contributed by atoms with Gasteiger partial charge in [0.15, 0.2) is 5.82 Å². The highest BCUT2D eigenvalue weighted by molar-refractivity contribution is 5.56. The van der Waals surface area contributed by atoms with Crippen LogP contribution in [0, 0.1) is 5.92 Å². The predicted molar refractivity (Wildman–Crippen MR) is 84.4 cm³/mol. The Kier molecular flexibility index (Phi) is 3.68. The number of nitrogens with zero attached hydrogens (tertiary/aromatic N) is 2. The summed E-state index contributed by atoms with van der Waals surface area (Å²) < 4.78 is 5.47. The molecule has 2 heterocycles. The average Bonchev–Trinajstić information content (AvgIpc) is 3.13. The first-order valence-corrected chi connectivity index (χ1v) is 8.19. The van der Waals surface area contributed by atoms with Crippen molar-refractivity contribution in [2.75, 3.05) is 13.1 Å². The number of fused-ring (bicyclic) bond motifs is 1. The van der Waals surface area contributed by atoms with Crippen LogP contribution in [0.1, 0.15) is 29.8 Å². The summed E-state index contributed by atoms with van der Waals surface area (Å²) in [5.74, 6) is 2.14. The quantitative estimate of drug-likeness (QED) is 0.902. The Morgan fingerprint density at radius 3 is 2.86 bits per heavy atom. The summed E-state index contributed by atoms with van der Waals surface area (Å²) in [6.07, 6.45) is 5.22. The topological polar surface area (TPSA) is 77.0 Å². The Labute approximate surface area is 130 Å². The molecule has 5 heteroatoms. The van der Waals surface area contributed by atoms with E-state index in [0.717, 1.165) is 43.7 Å². The van der Waals surface area contributed by atoms with Gasteiger partial charge in [0, 0.05) is 18.0 Å². The van der Waals surface area contributed by atoms with Crippen molar-refractivity contribution >= 4 is 0 Å². The SMILES string of the molecule is NC1Cc2ccc(-c3nc(CC4CCNCC4)no3)cc2C1. The third-order valence-electron chi connectivity index (χ3n) is 4.82. The first-order chi connectivity index (χ1) is 10.8. The number of aromatic nitrogens is 2. The number of piperidine rings is 1. The van der Waals surface area contributed by atoms with Crippen LogP contribution in [0.15, 0.2) is 22.7 Å². The van der Waals surface area contributed by atoms with E-state index in [-0.39, 0.29) is 6.04 Å². The molecule has 1 aromatic carbocycles. The molecule has 1 aromatic heterocycles. The van der Waals surface area contributed by atoms with Gasteiger partial charge in [-0.3, -0.25) is 0 Å². The Bertz CT molecular complexity index is 660. The lowest BCUT2D eigenvalue weighted by molar-refractivity contribution is 0.356. The maximum atomic E-state index is 6.03. The molecule has 1 aliphatic heterocycles. The summed E-state index contributed by atoms with van der Waals surface area (Å²) in [4.78, 5) is 4.59. The third kappa shape index (κ3) is 2.78. The van der Waals surface area contributed by atoms with Crippen LogP contribution in [0.4, 0.5) is 0 Å². The molecule has 0 radical (unpaired) electrons. The molecule has 4 rings (SSSR count). The molecular weight excluding hydrogens is 276 g/mol. The molecule has 1 atom stereocenters. The van der Waals surface area contributed by atoms with E-state index in [1.165, 1.54) is 24.0 Å². The molecule has 2 aliphatic rings. The van der Waals surface area contributed by atoms with Crippen molar-refractivity contribution in [1.29, 1.82) is 0 Å².